The molecule has 4 nitrogen and oxygen atoms in total. The highest BCUT2D eigenvalue weighted by Crippen LogP contribution is 2.52. The topological polar surface area (TPSA) is 49.3 Å². The van der Waals surface area contributed by atoms with Gasteiger partial charge in [-0.15, -0.1) is 0 Å². The maximum atomic E-state index is 5.61. The van der Waals surface area contributed by atoms with Gasteiger partial charge in [0.25, 0.3) is 0 Å². The molecule has 1 heterocycles. The first-order chi connectivity index (χ1) is 11.7. The quantitative estimate of drug-likeness (QED) is 0.839. The van der Waals surface area contributed by atoms with Crippen LogP contribution in [0.3, 0.4) is 0 Å². The molecule has 4 aliphatic rings. The highest BCUT2D eigenvalue weighted by molar-refractivity contribution is 5.36. The fourth-order valence-corrected chi connectivity index (χ4v) is 4.92. The number of ether oxygens (including phenoxy) is 2. The molecule has 0 aromatic carbocycles. The van der Waals surface area contributed by atoms with E-state index >= 15 is 0 Å². The molecule has 1 fully saturated rings. The molecule has 0 aromatic heterocycles. The van der Waals surface area contributed by atoms with E-state index in [1.807, 2.05) is 0 Å². The number of hydrogen-bond donors (Lipinski definition) is 1. The van der Waals surface area contributed by atoms with Gasteiger partial charge in [0.1, 0.15) is 17.6 Å². The van der Waals surface area contributed by atoms with Crippen LogP contribution in [0, 0.1) is 17.8 Å². The maximum absolute atomic E-state index is 5.61. The van der Waals surface area contributed by atoms with E-state index in [1.54, 1.807) is 19.8 Å². The van der Waals surface area contributed by atoms with Crippen molar-refractivity contribution in [1.82, 2.24) is 4.90 Å². The summed E-state index contributed by atoms with van der Waals surface area (Å²) in [6.07, 6.45) is 10.9. The van der Waals surface area contributed by atoms with Gasteiger partial charge in [-0.2, -0.15) is 0 Å². The van der Waals surface area contributed by atoms with Crippen LogP contribution in [-0.4, -0.2) is 44.9 Å². The summed E-state index contributed by atoms with van der Waals surface area (Å²) < 4.78 is 11.1. The first-order valence-corrected chi connectivity index (χ1v) is 9.43. The maximum Gasteiger partial charge on any atom is 0.125 e. The second-order valence-corrected chi connectivity index (χ2v) is 7.90. The molecule has 4 rings (SSSR count). The van der Waals surface area contributed by atoms with E-state index in [0.29, 0.717) is 0 Å². The first-order valence-electron chi connectivity index (χ1n) is 9.43. The minimum Gasteiger partial charge on any atom is -0.498 e. The van der Waals surface area contributed by atoms with Gasteiger partial charge >= 0.3 is 0 Å². The summed E-state index contributed by atoms with van der Waals surface area (Å²) in [4.78, 5) is 2.65. The Bertz CT molecular complexity index is 592. The molecule has 24 heavy (non-hydrogen) atoms. The van der Waals surface area contributed by atoms with Crippen molar-refractivity contribution in [1.29, 1.82) is 0 Å². The zero-order chi connectivity index (χ0) is 16.7. The molecule has 4 heteroatoms. The van der Waals surface area contributed by atoms with E-state index in [2.05, 4.69) is 22.8 Å². The lowest BCUT2D eigenvalue weighted by molar-refractivity contribution is -0.312. The largest absolute Gasteiger partial charge is 0.498 e. The standard InChI is InChI=1S/C20H30N2O2/c1-23-19-9-14-6-8-22(12-15(14)10-20(19)24-2)7-5-13-3-4-18(21)17-11-16(13)17/h4,9,13,16-17,20H,3,5-8,10-12,21H2,1-2H3/p+1. The van der Waals surface area contributed by atoms with Gasteiger partial charge in [-0.1, -0.05) is 0 Å². The average Bonchev–Trinajstić information content (AvgIpc) is 3.41. The number of quaternary nitrogens is 1. The molecule has 0 saturated heterocycles. The predicted octanol–water partition coefficient (Wildman–Crippen LogP) is 2.11. The summed E-state index contributed by atoms with van der Waals surface area (Å²) in [7, 11) is 3.53. The van der Waals surface area contributed by atoms with Gasteiger partial charge in [0.05, 0.1) is 7.11 Å². The molecule has 4 atom stereocenters. The highest BCUT2D eigenvalue weighted by atomic mass is 16.5. The Hall–Kier alpha value is -1.10. The number of nitrogens with zero attached hydrogens (tertiary/aromatic N) is 1. The normalized spacial score (nSPS) is 35.8. The van der Waals surface area contributed by atoms with Crippen LogP contribution < -0.4 is 5.73 Å². The molecule has 0 amide bonds. The molecule has 4 unspecified atom stereocenters. The third-order valence-electron chi connectivity index (χ3n) is 6.57. The lowest BCUT2D eigenvalue weighted by Crippen LogP contribution is -2.49. The Morgan fingerprint density at radius 3 is 3.00 bits per heavy atom. The van der Waals surface area contributed by atoms with Crippen LogP contribution in [0.2, 0.25) is 0 Å². The SMILES string of the molecule is COC1=CC2=C(CC1OC)CN(CCC1CC=C([NH3+])C3CC13)CC2. The molecule has 132 valence electrons. The number of methoxy groups -OCH3 is 2. The van der Waals surface area contributed by atoms with E-state index in [1.165, 1.54) is 43.6 Å². The molecule has 0 bridgehead atoms. The third-order valence-corrected chi connectivity index (χ3v) is 6.57. The van der Waals surface area contributed by atoms with E-state index in [-0.39, 0.29) is 6.10 Å². The molecule has 1 saturated carbocycles. The van der Waals surface area contributed by atoms with Gasteiger partial charge < -0.3 is 15.2 Å². The summed E-state index contributed by atoms with van der Waals surface area (Å²) in [6, 6.07) is 0. The van der Waals surface area contributed by atoms with Crippen LogP contribution in [0.15, 0.2) is 34.8 Å². The Labute approximate surface area is 145 Å². The summed E-state index contributed by atoms with van der Waals surface area (Å²) >= 11 is 0. The van der Waals surface area contributed by atoms with Crippen LogP contribution >= 0.6 is 0 Å². The van der Waals surface area contributed by atoms with Gasteiger partial charge in [0.2, 0.25) is 0 Å². The van der Waals surface area contributed by atoms with E-state index in [4.69, 9.17) is 9.47 Å². The molecule has 0 aromatic rings. The van der Waals surface area contributed by atoms with Crippen molar-refractivity contribution in [2.45, 2.75) is 38.2 Å². The van der Waals surface area contributed by atoms with Crippen molar-refractivity contribution in [2.75, 3.05) is 33.9 Å². The van der Waals surface area contributed by atoms with Crippen molar-refractivity contribution in [2.24, 2.45) is 17.8 Å². The summed E-state index contributed by atoms with van der Waals surface area (Å²) in [5, 5.41) is 0. The Balaban J connectivity index is 1.34. The monoisotopic (exact) mass is 331 g/mol. The zero-order valence-electron chi connectivity index (χ0n) is 15.1. The molecular formula is C20H31N2O2+. The van der Waals surface area contributed by atoms with Crippen LogP contribution in [0.1, 0.15) is 32.1 Å². The van der Waals surface area contributed by atoms with Crippen LogP contribution in [0.4, 0.5) is 0 Å². The lowest BCUT2D eigenvalue weighted by Gasteiger charge is -2.35. The van der Waals surface area contributed by atoms with Crippen molar-refractivity contribution in [3.63, 3.8) is 0 Å². The van der Waals surface area contributed by atoms with Gasteiger partial charge in [0, 0.05) is 32.5 Å². The van der Waals surface area contributed by atoms with Crippen LogP contribution in [-0.2, 0) is 9.47 Å². The van der Waals surface area contributed by atoms with Gasteiger partial charge in [-0.25, -0.2) is 0 Å². The van der Waals surface area contributed by atoms with Crippen LogP contribution in [0.5, 0.6) is 0 Å². The fourth-order valence-electron chi connectivity index (χ4n) is 4.92. The first kappa shape index (κ1) is 16.4. The van der Waals surface area contributed by atoms with Gasteiger partial charge in [-0.3, -0.25) is 4.90 Å². The molecule has 3 N–H and O–H groups in total. The van der Waals surface area contributed by atoms with Crippen molar-refractivity contribution < 1.29 is 15.2 Å². The second-order valence-electron chi connectivity index (χ2n) is 7.90. The lowest BCUT2D eigenvalue weighted by atomic mass is 9.87. The number of hydrogen-bond acceptors (Lipinski definition) is 3. The minimum atomic E-state index is 0.0971. The Morgan fingerprint density at radius 1 is 1.33 bits per heavy atom. The van der Waals surface area contributed by atoms with Gasteiger partial charge in [0.15, 0.2) is 0 Å². The number of allylic oxidation sites excluding steroid dienone is 3. The van der Waals surface area contributed by atoms with Gasteiger partial charge in [-0.05, 0) is 67.4 Å². The highest BCUT2D eigenvalue weighted by Gasteiger charge is 2.48. The number of rotatable bonds is 5. The third kappa shape index (κ3) is 3.07. The molecule has 3 aliphatic carbocycles. The Morgan fingerprint density at radius 2 is 2.21 bits per heavy atom. The second kappa shape index (κ2) is 6.66. The molecule has 1 aliphatic heterocycles. The molecule has 0 radical (unpaired) electrons. The Kier molecular flexibility index (Phi) is 4.54. The van der Waals surface area contributed by atoms with E-state index in [0.717, 1.165) is 42.9 Å². The van der Waals surface area contributed by atoms with E-state index < -0.39 is 0 Å². The fraction of sp³-hybridized carbons (Fsp3) is 0.700. The van der Waals surface area contributed by atoms with Crippen molar-refractivity contribution >= 4 is 0 Å². The molecular weight excluding hydrogens is 300 g/mol. The van der Waals surface area contributed by atoms with Crippen LogP contribution in [0.25, 0.3) is 0 Å². The summed E-state index contributed by atoms with van der Waals surface area (Å²) in [6.45, 7) is 3.53. The summed E-state index contributed by atoms with van der Waals surface area (Å²) in [5.41, 5.74) is 8.65. The smallest absolute Gasteiger partial charge is 0.125 e. The summed E-state index contributed by atoms with van der Waals surface area (Å²) in [5.74, 6) is 3.66. The predicted molar refractivity (Wildman–Crippen MR) is 93.9 cm³/mol. The molecule has 0 spiro atoms. The van der Waals surface area contributed by atoms with Crippen molar-refractivity contribution in [3.05, 3.63) is 34.8 Å². The average molecular weight is 331 g/mol. The minimum absolute atomic E-state index is 0.0971. The number of fused-ring (bicyclic) bond motifs is 1. The van der Waals surface area contributed by atoms with E-state index in [9.17, 15) is 0 Å². The zero-order valence-corrected chi connectivity index (χ0v) is 15.1. The van der Waals surface area contributed by atoms with Crippen molar-refractivity contribution in [3.8, 4) is 0 Å².